The van der Waals surface area contributed by atoms with Crippen molar-refractivity contribution in [1.29, 1.82) is 0 Å². The molecule has 0 nitrogen and oxygen atoms in total. The van der Waals surface area contributed by atoms with E-state index in [-0.39, 0.29) is 0 Å². The molecule has 0 heterocycles. The van der Waals surface area contributed by atoms with E-state index in [4.69, 9.17) is 46.4 Å². The van der Waals surface area contributed by atoms with Gasteiger partial charge in [0.1, 0.15) is 0 Å². The summed E-state index contributed by atoms with van der Waals surface area (Å²) in [5.41, 5.74) is 0. The first-order valence-electron chi connectivity index (χ1n) is 3.82. The topological polar surface area (TPSA) is 0 Å². The Hall–Kier alpha value is -0.140. The summed E-state index contributed by atoms with van der Waals surface area (Å²) in [5, 5.41) is 3.73. The number of hydrogen-bond donors (Lipinski definition) is 0. The molecule has 0 saturated carbocycles. The van der Waals surface area contributed by atoms with Gasteiger partial charge in [-0.2, -0.15) is 0 Å². The molecule has 0 aliphatic rings. The molecule has 0 N–H and O–H groups in total. The molecule has 0 unspecified atom stereocenters. The Balaban J connectivity index is 2.95. The van der Waals surface area contributed by atoms with Crippen LogP contribution in [0.15, 0.2) is 24.3 Å². The number of halogens is 4. The Bertz CT molecular complexity index is 505. The van der Waals surface area contributed by atoms with E-state index in [0.29, 0.717) is 20.1 Å². The fraction of sp³-hybridized carbons (Fsp3) is 0. The second-order valence-electron chi connectivity index (χ2n) is 2.84. The van der Waals surface area contributed by atoms with Crippen LogP contribution in [0, 0.1) is 0 Å². The quantitative estimate of drug-likeness (QED) is 0.556. The number of benzene rings is 2. The number of rotatable bonds is 0. The molecule has 72 valence electrons. The molecule has 0 saturated heterocycles. The Morgan fingerprint density at radius 1 is 0.714 bits per heavy atom. The Morgan fingerprint density at radius 2 is 1.43 bits per heavy atom. The zero-order valence-electron chi connectivity index (χ0n) is 6.82. The highest BCUT2D eigenvalue weighted by Crippen LogP contribution is 2.36. The first-order valence-corrected chi connectivity index (χ1v) is 5.33. The summed E-state index contributed by atoms with van der Waals surface area (Å²) in [6.07, 6.45) is 0. The van der Waals surface area contributed by atoms with Crippen LogP contribution in [0.1, 0.15) is 0 Å². The molecule has 0 bridgehead atoms. The zero-order valence-corrected chi connectivity index (χ0v) is 9.84. The Labute approximate surface area is 101 Å². The van der Waals surface area contributed by atoms with E-state index in [2.05, 4.69) is 0 Å². The third-order valence-corrected chi connectivity index (χ3v) is 3.29. The summed E-state index contributed by atoms with van der Waals surface area (Å²) in [6.45, 7) is 0. The second-order valence-corrected chi connectivity index (χ2v) is 4.47. The lowest BCUT2D eigenvalue weighted by Crippen LogP contribution is -1.78. The van der Waals surface area contributed by atoms with Crippen molar-refractivity contribution in [1.82, 2.24) is 0 Å². The minimum Gasteiger partial charge on any atom is -0.0843 e. The van der Waals surface area contributed by atoms with Crippen molar-refractivity contribution in [3.63, 3.8) is 0 Å². The monoisotopic (exact) mass is 264 g/mol. The minimum absolute atomic E-state index is 0.437. The highest BCUT2D eigenvalue weighted by atomic mass is 35.5. The van der Waals surface area contributed by atoms with E-state index in [9.17, 15) is 0 Å². The van der Waals surface area contributed by atoms with Crippen molar-refractivity contribution in [2.45, 2.75) is 0 Å². The summed E-state index contributed by atoms with van der Waals surface area (Å²) in [5.74, 6) is 0. The second kappa shape index (κ2) is 3.79. The van der Waals surface area contributed by atoms with Gasteiger partial charge in [-0.25, -0.2) is 0 Å². The van der Waals surface area contributed by atoms with Gasteiger partial charge < -0.3 is 0 Å². The molecule has 0 aliphatic heterocycles. The first-order chi connectivity index (χ1) is 6.59. The van der Waals surface area contributed by atoms with Crippen molar-refractivity contribution in [2.24, 2.45) is 0 Å². The fourth-order valence-electron chi connectivity index (χ4n) is 1.29. The largest absolute Gasteiger partial charge is 0.0843 e. The highest BCUT2D eigenvalue weighted by Gasteiger charge is 2.08. The van der Waals surface area contributed by atoms with Crippen LogP contribution in [0.4, 0.5) is 0 Å². The maximum atomic E-state index is 6.02. The molecule has 2 aromatic rings. The van der Waals surface area contributed by atoms with Crippen LogP contribution >= 0.6 is 46.4 Å². The first kappa shape index (κ1) is 10.4. The van der Waals surface area contributed by atoms with Gasteiger partial charge in [-0.05, 0) is 18.2 Å². The van der Waals surface area contributed by atoms with Crippen LogP contribution < -0.4 is 0 Å². The summed E-state index contributed by atoms with van der Waals surface area (Å²) in [6, 6.07) is 6.96. The molecule has 0 spiro atoms. The molecule has 4 heteroatoms. The number of fused-ring (bicyclic) bond motifs is 1. The average molecular weight is 266 g/mol. The smallest absolute Gasteiger partial charge is 0.0672 e. The van der Waals surface area contributed by atoms with Crippen molar-refractivity contribution in [3.8, 4) is 0 Å². The summed E-state index contributed by atoms with van der Waals surface area (Å²) < 4.78 is 0. The van der Waals surface area contributed by atoms with Gasteiger partial charge in [-0.1, -0.05) is 52.5 Å². The van der Waals surface area contributed by atoms with Gasteiger partial charge in [-0.15, -0.1) is 0 Å². The standard InChI is InChI=1S/C10H4Cl4/c11-5-1-2-6-7(3-5)10(14)9(13)4-8(6)12/h1-4H. The van der Waals surface area contributed by atoms with Gasteiger partial charge >= 0.3 is 0 Å². The van der Waals surface area contributed by atoms with E-state index >= 15 is 0 Å². The third kappa shape index (κ3) is 1.68. The average Bonchev–Trinajstić information content (AvgIpc) is 2.14. The van der Waals surface area contributed by atoms with Crippen molar-refractivity contribution in [3.05, 3.63) is 44.4 Å². The van der Waals surface area contributed by atoms with Gasteiger partial charge in [0, 0.05) is 20.8 Å². The normalized spacial score (nSPS) is 10.9. The zero-order chi connectivity index (χ0) is 10.3. The molecule has 2 aromatic carbocycles. The van der Waals surface area contributed by atoms with Crippen LogP contribution in [0.2, 0.25) is 20.1 Å². The Kier molecular flexibility index (Phi) is 2.81. The van der Waals surface area contributed by atoms with Gasteiger partial charge in [0.15, 0.2) is 0 Å². The van der Waals surface area contributed by atoms with Gasteiger partial charge in [-0.3, -0.25) is 0 Å². The van der Waals surface area contributed by atoms with Gasteiger partial charge in [0.2, 0.25) is 0 Å². The van der Waals surface area contributed by atoms with E-state index in [0.717, 1.165) is 10.8 Å². The van der Waals surface area contributed by atoms with E-state index in [1.54, 1.807) is 18.2 Å². The predicted octanol–water partition coefficient (Wildman–Crippen LogP) is 5.45. The molecule has 0 amide bonds. The summed E-state index contributed by atoms with van der Waals surface area (Å²) >= 11 is 23.8. The molecular formula is C10H4Cl4. The van der Waals surface area contributed by atoms with Gasteiger partial charge in [0.25, 0.3) is 0 Å². The predicted molar refractivity (Wildman–Crippen MR) is 64.0 cm³/mol. The highest BCUT2D eigenvalue weighted by molar-refractivity contribution is 6.48. The van der Waals surface area contributed by atoms with Crippen LogP contribution in [0.5, 0.6) is 0 Å². The van der Waals surface area contributed by atoms with Gasteiger partial charge in [0.05, 0.1) is 10.0 Å². The molecule has 14 heavy (non-hydrogen) atoms. The SMILES string of the molecule is Clc1ccc2c(Cl)cc(Cl)c(Cl)c2c1. The number of hydrogen-bond acceptors (Lipinski definition) is 0. The van der Waals surface area contributed by atoms with Crippen molar-refractivity contribution >= 4 is 57.2 Å². The van der Waals surface area contributed by atoms with Crippen LogP contribution in [-0.2, 0) is 0 Å². The van der Waals surface area contributed by atoms with Crippen LogP contribution in [0.3, 0.4) is 0 Å². The van der Waals surface area contributed by atoms with Crippen molar-refractivity contribution < 1.29 is 0 Å². The van der Waals surface area contributed by atoms with Crippen LogP contribution in [-0.4, -0.2) is 0 Å². The summed E-state index contributed by atoms with van der Waals surface area (Å²) in [7, 11) is 0. The molecule has 0 aliphatic carbocycles. The molecule has 0 atom stereocenters. The van der Waals surface area contributed by atoms with E-state index in [1.165, 1.54) is 0 Å². The molecule has 0 fully saturated rings. The summed E-state index contributed by atoms with van der Waals surface area (Å²) in [4.78, 5) is 0. The van der Waals surface area contributed by atoms with Crippen LogP contribution in [0.25, 0.3) is 10.8 Å². The third-order valence-electron chi connectivity index (χ3n) is 1.94. The van der Waals surface area contributed by atoms with Crippen molar-refractivity contribution in [2.75, 3.05) is 0 Å². The maximum Gasteiger partial charge on any atom is 0.0672 e. The van der Waals surface area contributed by atoms with E-state index < -0.39 is 0 Å². The lowest BCUT2D eigenvalue weighted by Gasteiger charge is -2.05. The maximum absolute atomic E-state index is 6.02. The fourth-order valence-corrected chi connectivity index (χ4v) is 2.21. The molecule has 2 rings (SSSR count). The molecular weight excluding hydrogens is 262 g/mol. The van der Waals surface area contributed by atoms with E-state index in [1.807, 2.05) is 6.07 Å². The molecule has 0 aromatic heterocycles. The lowest BCUT2D eigenvalue weighted by atomic mass is 10.1. The Morgan fingerprint density at radius 3 is 2.14 bits per heavy atom. The molecule has 0 radical (unpaired) electrons. The minimum atomic E-state index is 0.437. The lowest BCUT2D eigenvalue weighted by molar-refractivity contribution is 1.74.